The summed E-state index contributed by atoms with van der Waals surface area (Å²) in [4.78, 5) is 11.1. The van der Waals surface area contributed by atoms with Gasteiger partial charge in [0.05, 0.1) is 12.7 Å². The monoisotopic (exact) mass is 299 g/mol. The molecule has 22 heavy (non-hydrogen) atoms. The van der Waals surface area contributed by atoms with Crippen LogP contribution in [0, 0.1) is 5.82 Å². The lowest BCUT2D eigenvalue weighted by Crippen LogP contribution is -1.96. The Balaban J connectivity index is 2.27. The van der Waals surface area contributed by atoms with E-state index in [1.165, 1.54) is 13.2 Å². The number of aryl methyl sites for hydroxylation is 1. The molecule has 2 aromatic carbocycles. The zero-order valence-corrected chi connectivity index (χ0v) is 12.1. The number of hydrogen-bond acceptors (Lipinski definition) is 2. The maximum absolute atomic E-state index is 14.5. The van der Waals surface area contributed by atoms with Gasteiger partial charge in [0.2, 0.25) is 0 Å². The third-order valence-electron chi connectivity index (χ3n) is 3.71. The van der Waals surface area contributed by atoms with Crippen LogP contribution in [0.4, 0.5) is 4.39 Å². The topological polar surface area (TPSA) is 51.5 Å². The van der Waals surface area contributed by atoms with Crippen molar-refractivity contribution in [2.45, 2.75) is 0 Å². The summed E-state index contributed by atoms with van der Waals surface area (Å²) in [5.41, 5.74) is 2.06. The number of carboxylic acid groups (broad SMARTS) is 1. The van der Waals surface area contributed by atoms with Crippen LogP contribution in [0.5, 0.6) is 5.75 Å². The minimum Gasteiger partial charge on any atom is -0.494 e. The lowest BCUT2D eigenvalue weighted by atomic mass is 10.0. The Morgan fingerprint density at radius 3 is 2.68 bits per heavy atom. The predicted molar refractivity (Wildman–Crippen MR) is 81.8 cm³/mol. The summed E-state index contributed by atoms with van der Waals surface area (Å²) in [5, 5.41) is 9.88. The molecule has 0 aliphatic heterocycles. The molecule has 0 unspecified atom stereocenters. The summed E-state index contributed by atoms with van der Waals surface area (Å²) >= 11 is 0. The highest BCUT2D eigenvalue weighted by Gasteiger charge is 2.16. The number of aromatic carboxylic acids is 1. The highest BCUT2D eigenvalue weighted by atomic mass is 19.1. The third kappa shape index (κ3) is 2.11. The first-order valence-corrected chi connectivity index (χ1v) is 6.68. The molecule has 5 heteroatoms. The molecule has 0 fully saturated rings. The first kappa shape index (κ1) is 14.1. The maximum Gasteiger partial charge on any atom is 0.335 e. The average Bonchev–Trinajstić information content (AvgIpc) is 2.84. The van der Waals surface area contributed by atoms with Crippen molar-refractivity contribution in [3.05, 3.63) is 54.0 Å². The summed E-state index contributed by atoms with van der Waals surface area (Å²) in [6.45, 7) is 0. The minimum atomic E-state index is -0.989. The van der Waals surface area contributed by atoms with E-state index in [0.29, 0.717) is 11.1 Å². The number of rotatable bonds is 3. The maximum atomic E-state index is 14.5. The van der Waals surface area contributed by atoms with Gasteiger partial charge in [-0.25, -0.2) is 9.18 Å². The fourth-order valence-corrected chi connectivity index (χ4v) is 2.61. The van der Waals surface area contributed by atoms with Gasteiger partial charge in [-0.15, -0.1) is 0 Å². The molecule has 0 amide bonds. The Morgan fingerprint density at radius 1 is 1.23 bits per heavy atom. The van der Waals surface area contributed by atoms with Crippen molar-refractivity contribution in [3.8, 4) is 16.9 Å². The van der Waals surface area contributed by atoms with Gasteiger partial charge >= 0.3 is 5.97 Å². The van der Waals surface area contributed by atoms with Crippen LogP contribution in [0.1, 0.15) is 10.4 Å². The van der Waals surface area contributed by atoms with Gasteiger partial charge < -0.3 is 14.4 Å². The Bertz CT molecular complexity index is 883. The van der Waals surface area contributed by atoms with Crippen molar-refractivity contribution in [2.75, 3.05) is 7.11 Å². The number of halogens is 1. The standard InChI is InChI=1S/C17H14FNO3/c1-19-9-13(12-4-3-5-15(22-2)16(12)18)11-7-6-10(17(20)21)8-14(11)19/h3-9H,1-2H3,(H,20,21). The molecule has 0 bridgehead atoms. The molecule has 0 aliphatic rings. The van der Waals surface area contributed by atoms with Crippen LogP contribution in [-0.4, -0.2) is 22.8 Å². The van der Waals surface area contributed by atoms with E-state index >= 15 is 0 Å². The number of ether oxygens (including phenoxy) is 1. The largest absolute Gasteiger partial charge is 0.494 e. The lowest BCUT2D eigenvalue weighted by Gasteiger charge is -2.06. The molecule has 0 aliphatic carbocycles. The van der Waals surface area contributed by atoms with Crippen LogP contribution in [0.3, 0.4) is 0 Å². The van der Waals surface area contributed by atoms with E-state index in [-0.39, 0.29) is 11.3 Å². The lowest BCUT2D eigenvalue weighted by molar-refractivity contribution is 0.0697. The highest BCUT2D eigenvalue weighted by molar-refractivity contribution is 6.00. The zero-order chi connectivity index (χ0) is 15.9. The third-order valence-corrected chi connectivity index (χ3v) is 3.71. The Morgan fingerprint density at radius 2 is 2.00 bits per heavy atom. The van der Waals surface area contributed by atoms with E-state index in [9.17, 15) is 9.18 Å². The van der Waals surface area contributed by atoms with Gasteiger partial charge in [0.15, 0.2) is 11.6 Å². The van der Waals surface area contributed by atoms with Gasteiger partial charge in [0.1, 0.15) is 0 Å². The molecular weight excluding hydrogens is 285 g/mol. The van der Waals surface area contributed by atoms with Crippen molar-refractivity contribution in [1.29, 1.82) is 0 Å². The molecule has 3 rings (SSSR count). The Hall–Kier alpha value is -2.82. The van der Waals surface area contributed by atoms with Gasteiger partial charge in [0.25, 0.3) is 0 Å². The van der Waals surface area contributed by atoms with E-state index in [1.54, 1.807) is 48.1 Å². The quantitative estimate of drug-likeness (QED) is 0.802. The number of nitrogens with zero attached hydrogens (tertiary/aromatic N) is 1. The zero-order valence-electron chi connectivity index (χ0n) is 12.1. The van der Waals surface area contributed by atoms with Crippen LogP contribution in [0.2, 0.25) is 0 Å². The van der Waals surface area contributed by atoms with Gasteiger partial charge in [0, 0.05) is 35.3 Å². The minimum absolute atomic E-state index is 0.177. The molecule has 0 spiro atoms. The normalized spacial score (nSPS) is 10.9. The second-order valence-corrected chi connectivity index (χ2v) is 5.01. The molecule has 3 aromatic rings. The van der Waals surface area contributed by atoms with Crippen LogP contribution < -0.4 is 4.74 Å². The van der Waals surface area contributed by atoms with Crippen LogP contribution >= 0.6 is 0 Å². The molecule has 1 aromatic heterocycles. The highest BCUT2D eigenvalue weighted by Crippen LogP contribution is 2.35. The average molecular weight is 299 g/mol. The number of carboxylic acids is 1. The first-order valence-electron chi connectivity index (χ1n) is 6.68. The number of aromatic nitrogens is 1. The molecule has 0 saturated carbocycles. The predicted octanol–water partition coefficient (Wildman–Crippen LogP) is 3.69. The number of benzene rings is 2. The second-order valence-electron chi connectivity index (χ2n) is 5.01. The SMILES string of the molecule is COc1cccc(-c2cn(C)c3cc(C(=O)O)ccc23)c1F. The molecule has 1 heterocycles. The summed E-state index contributed by atoms with van der Waals surface area (Å²) in [7, 11) is 3.22. The van der Waals surface area contributed by atoms with Crippen molar-refractivity contribution in [3.63, 3.8) is 0 Å². The van der Waals surface area contributed by atoms with E-state index in [1.807, 2.05) is 0 Å². The second kappa shape index (κ2) is 5.18. The number of carbonyl (C=O) groups is 1. The van der Waals surface area contributed by atoms with Crippen molar-refractivity contribution in [1.82, 2.24) is 4.57 Å². The van der Waals surface area contributed by atoms with Crippen molar-refractivity contribution in [2.24, 2.45) is 7.05 Å². The van der Waals surface area contributed by atoms with Crippen molar-refractivity contribution >= 4 is 16.9 Å². The summed E-state index contributed by atoms with van der Waals surface area (Å²) < 4.78 is 21.3. The molecule has 4 nitrogen and oxygen atoms in total. The van der Waals surface area contributed by atoms with Crippen LogP contribution in [0.15, 0.2) is 42.6 Å². The van der Waals surface area contributed by atoms with E-state index < -0.39 is 11.8 Å². The van der Waals surface area contributed by atoms with Gasteiger partial charge in [-0.05, 0) is 18.2 Å². The molecule has 112 valence electrons. The summed E-state index contributed by atoms with van der Waals surface area (Å²) in [6, 6.07) is 9.77. The van der Waals surface area contributed by atoms with E-state index in [0.717, 1.165) is 10.9 Å². The fourth-order valence-electron chi connectivity index (χ4n) is 2.61. The molecular formula is C17H14FNO3. The van der Waals surface area contributed by atoms with Crippen LogP contribution in [-0.2, 0) is 7.05 Å². The number of fused-ring (bicyclic) bond motifs is 1. The van der Waals surface area contributed by atoms with Gasteiger partial charge in [-0.3, -0.25) is 0 Å². The van der Waals surface area contributed by atoms with Gasteiger partial charge in [-0.2, -0.15) is 0 Å². The first-order chi connectivity index (χ1) is 10.5. The molecule has 0 atom stereocenters. The van der Waals surface area contributed by atoms with Gasteiger partial charge in [-0.1, -0.05) is 18.2 Å². The molecule has 1 N–H and O–H groups in total. The summed E-state index contributed by atoms with van der Waals surface area (Å²) in [6.07, 6.45) is 1.79. The number of hydrogen-bond donors (Lipinski definition) is 1. The Kier molecular flexibility index (Phi) is 3.33. The van der Waals surface area contributed by atoms with E-state index in [2.05, 4.69) is 0 Å². The van der Waals surface area contributed by atoms with E-state index in [4.69, 9.17) is 9.84 Å². The smallest absolute Gasteiger partial charge is 0.335 e. The number of methoxy groups -OCH3 is 1. The van der Waals surface area contributed by atoms with Crippen LogP contribution in [0.25, 0.3) is 22.0 Å². The summed E-state index contributed by atoms with van der Waals surface area (Å²) in [5.74, 6) is -1.24. The fraction of sp³-hybridized carbons (Fsp3) is 0.118. The molecule has 0 radical (unpaired) electrons. The Labute approximate surface area is 126 Å². The van der Waals surface area contributed by atoms with Crippen molar-refractivity contribution < 1.29 is 19.0 Å². The molecule has 0 saturated heterocycles.